The summed E-state index contributed by atoms with van der Waals surface area (Å²) in [6, 6.07) is 14.7. The standard InChI is InChI=1S/C9H7.C8H18N.3ClH.Ti/c1-2-5-9-7-3-6-8(9)4-1;1-8(2,3)6-7-9(4)5;;;;/h1-7H;6H,7H2,1-5H3;3*1H;/q2*-1;;;;+3/p-3. The minimum atomic E-state index is 0. The summed E-state index contributed by atoms with van der Waals surface area (Å²) in [5, 5.41) is 2.66. The number of benzene rings is 1. The summed E-state index contributed by atoms with van der Waals surface area (Å²) in [5.41, 5.74) is 0.365. The van der Waals surface area contributed by atoms with Crippen LogP contribution in [0, 0.1) is 11.8 Å². The van der Waals surface area contributed by atoms with Gasteiger partial charge < -0.3 is 48.5 Å². The molecule has 0 N–H and O–H groups in total. The molecule has 0 atom stereocenters. The first kappa shape index (κ1) is 30.3. The normalized spacial score (nSPS) is 9.36. The van der Waals surface area contributed by atoms with Crippen LogP contribution >= 0.6 is 0 Å². The van der Waals surface area contributed by atoms with E-state index in [0.29, 0.717) is 5.41 Å². The molecule has 2 aromatic rings. The van der Waals surface area contributed by atoms with Gasteiger partial charge in [0.15, 0.2) is 0 Å². The van der Waals surface area contributed by atoms with Crippen molar-refractivity contribution in [3.05, 3.63) is 48.9 Å². The van der Waals surface area contributed by atoms with Crippen LogP contribution in [-0.4, -0.2) is 25.5 Å². The summed E-state index contributed by atoms with van der Waals surface area (Å²) in [5.74, 6) is 0. The molecule has 0 aliphatic heterocycles. The molecular weight excluding hydrogens is 372 g/mol. The zero-order chi connectivity index (χ0) is 13.6. The summed E-state index contributed by atoms with van der Waals surface area (Å²) in [6.45, 7) is 7.73. The second kappa shape index (κ2) is 14.9. The molecule has 0 spiro atoms. The molecule has 1 radical (unpaired) electrons. The molecule has 1 nitrogen and oxygen atoms in total. The number of hydrogen-bond acceptors (Lipinski definition) is 1. The Balaban J connectivity index is -0.000000125. The fourth-order valence-electron chi connectivity index (χ4n) is 1.53. The van der Waals surface area contributed by atoms with E-state index in [-0.39, 0.29) is 58.9 Å². The third kappa shape index (κ3) is 14.0. The first-order valence-electron chi connectivity index (χ1n) is 6.48. The minimum Gasteiger partial charge on any atom is -1.00 e. The fourth-order valence-corrected chi connectivity index (χ4v) is 1.53. The molecule has 0 fully saturated rings. The van der Waals surface area contributed by atoms with Crippen LogP contribution in [0.15, 0.2) is 42.5 Å². The molecule has 0 amide bonds. The van der Waals surface area contributed by atoms with Crippen molar-refractivity contribution in [3.63, 3.8) is 0 Å². The number of rotatable bonds is 2. The molecule has 0 saturated carbocycles. The molecule has 22 heavy (non-hydrogen) atoms. The molecule has 0 bridgehead atoms. The number of fused-ring (bicyclic) bond motifs is 1. The average molecular weight is 398 g/mol. The van der Waals surface area contributed by atoms with Crippen LogP contribution in [0.1, 0.15) is 20.8 Å². The molecule has 0 aliphatic carbocycles. The summed E-state index contributed by atoms with van der Waals surface area (Å²) < 4.78 is 0. The summed E-state index contributed by atoms with van der Waals surface area (Å²) in [7, 11) is 4.17. The molecule has 2 rings (SSSR count). The minimum absolute atomic E-state index is 0. The van der Waals surface area contributed by atoms with Crippen LogP contribution in [0.2, 0.25) is 0 Å². The number of nitrogens with zero attached hydrogens (tertiary/aromatic N) is 1. The molecule has 5 heteroatoms. The Morgan fingerprint density at radius 2 is 1.55 bits per heavy atom. The largest absolute Gasteiger partial charge is 3.00 e. The van der Waals surface area contributed by atoms with E-state index in [1.165, 1.54) is 10.8 Å². The van der Waals surface area contributed by atoms with Gasteiger partial charge in [-0.3, -0.25) is 0 Å². The maximum absolute atomic E-state index is 2.31. The van der Waals surface area contributed by atoms with Crippen molar-refractivity contribution in [1.82, 2.24) is 4.90 Å². The van der Waals surface area contributed by atoms with Gasteiger partial charge in [-0.05, 0) is 14.1 Å². The third-order valence-corrected chi connectivity index (χ3v) is 2.62. The van der Waals surface area contributed by atoms with Crippen molar-refractivity contribution >= 4 is 10.8 Å². The predicted octanol–water partition coefficient (Wildman–Crippen LogP) is -4.63. The van der Waals surface area contributed by atoms with Crippen LogP contribution < -0.4 is 37.2 Å². The van der Waals surface area contributed by atoms with Crippen molar-refractivity contribution in [2.75, 3.05) is 20.6 Å². The SMILES string of the molecule is CN(C)C[CH-]C(C)(C)C.[Cl-].[Cl-].[Cl-].[Ti+3].c1ccc2[cH-]ccc2c1. The van der Waals surface area contributed by atoms with E-state index >= 15 is 0 Å². The Bertz CT molecular complexity index is 434. The first-order valence-corrected chi connectivity index (χ1v) is 6.48. The maximum Gasteiger partial charge on any atom is 3.00 e. The van der Waals surface area contributed by atoms with Gasteiger partial charge in [-0.1, -0.05) is 26.8 Å². The maximum atomic E-state index is 2.31. The molecule has 0 heterocycles. The summed E-state index contributed by atoms with van der Waals surface area (Å²) >= 11 is 0. The summed E-state index contributed by atoms with van der Waals surface area (Å²) in [6.07, 6.45) is 2.31. The van der Waals surface area contributed by atoms with Gasteiger partial charge >= 0.3 is 21.7 Å². The zero-order valence-electron chi connectivity index (χ0n) is 13.9. The number of hydrogen-bond donors (Lipinski definition) is 0. The van der Waals surface area contributed by atoms with E-state index < -0.39 is 0 Å². The van der Waals surface area contributed by atoms with Crippen molar-refractivity contribution in [3.8, 4) is 0 Å². The second-order valence-electron chi connectivity index (χ2n) is 5.99. The van der Waals surface area contributed by atoms with E-state index in [4.69, 9.17) is 0 Å². The Morgan fingerprint density at radius 1 is 1.00 bits per heavy atom. The Hall–Kier alpha value is 0.374. The van der Waals surface area contributed by atoms with Gasteiger partial charge in [-0.25, -0.2) is 0 Å². The van der Waals surface area contributed by atoms with E-state index in [2.05, 4.69) is 88.7 Å². The van der Waals surface area contributed by atoms with Crippen molar-refractivity contribution in [2.24, 2.45) is 5.41 Å². The van der Waals surface area contributed by atoms with Gasteiger partial charge in [0.1, 0.15) is 0 Å². The Morgan fingerprint density at radius 3 is 1.95 bits per heavy atom. The smallest absolute Gasteiger partial charge is 1.00 e. The first-order chi connectivity index (χ1) is 8.38. The van der Waals surface area contributed by atoms with E-state index in [1.807, 2.05) is 0 Å². The molecule has 0 unspecified atom stereocenters. The molecule has 2 aromatic carbocycles. The quantitative estimate of drug-likeness (QED) is 0.364. The van der Waals surface area contributed by atoms with Gasteiger partial charge in [0, 0.05) is 0 Å². The fraction of sp³-hybridized carbons (Fsp3) is 0.412. The third-order valence-electron chi connectivity index (χ3n) is 2.62. The Labute approximate surface area is 169 Å². The Kier molecular flexibility index (Phi) is 20.6. The van der Waals surface area contributed by atoms with Crippen LogP contribution in [-0.2, 0) is 21.7 Å². The molecule has 0 saturated heterocycles. The topological polar surface area (TPSA) is 3.24 Å². The van der Waals surface area contributed by atoms with Gasteiger partial charge in [-0.2, -0.15) is 22.9 Å². The van der Waals surface area contributed by atoms with E-state index in [1.54, 1.807) is 0 Å². The van der Waals surface area contributed by atoms with Crippen LogP contribution in [0.25, 0.3) is 10.8 Å². The van der Waals surface area contributed by atoms with E-state index in [9.17, 15) is 0 Å². The van der Waals surface area contributed by atoms with Crippen LogP contribution in [0.5, 0.6) is 0 Å². The average Bonchev–Trinajstić information content (AvgIpc) is 2.74. The van der Waals surface area contributed by atoms with Crippen LogP contribution in [0.3, 0.4) is 0 Å². The number of halogens is 3. The monoisotopic (exact) mass is 396 g/mol. The second-order valence-corrected chi connectivity index (χ2v) is 5.99. The van der Waals surface area contributed by atoms with Gasteiger partial charge in [-0.15, -0.1) is 36.2 Å². The van der Waals surface area contributed by atoms with Crippen molar-refractivity contribution in [2.45, 2.75) is 20.8 Å². The van der Waals surface area contributed by atoms with Gasteiger partial charge in [0.05, 0.1) is 0 Å². The van der Waals surface area contributed by atoms with Crippen molar-refractivity contribution in [1.29, 1.82) is 0 Å². The summed E-state index contributed by atoms with van der Waals surface area (Å²) in [4.78, 5) is 2.17. The molecular formula is C17H25Cl3NTi-2. The molecule has 125 valence electrons. The van der Waals surface area contributed by atoms with Gasteiger partial charge in [0.25, 0.3) is 0 Å². The van der Waals surface area contributed by atoms with E-state index in [0.717, 1.165) is 6.54 Å². The van der Waals surface area contributed by atoms with Crippen molar-refractivity contribution < 1.29 is 58.9 Å². The predicted molar refractivity (Wildman–Crippen MR) is 81.9 cm³/mol. The van der Waals surface area contributed by atoms with Gasteiger partial charge in [0.2, 0.25) is 0 Å². The zero-order valence-corrected chi connectivity index (χ0v) is 17.7. The molecule has 0 aromatic heterocycles. The molecule has 0 aliphatic rings. The van der Waals surface area contributed by atoms with Crippen LogP contribution in [0.4, 0.5) is 0 Å².